The molecule has 0 saturated carbocycles. The molecule has 1 aromatic carbocycles. The summed E-state index contributed by atoms with van der Waals surface area (Å²) in [7, 11) is 0. The molecule has 1 fully saturated rings. The van der Waals surface area contributed by atoms with Gasteiger partial charge in [0.15, 0.2) is 0 Å². The first kappa shape index (κ1) is 15.0. The number of amides is 4. The number of aliphatic carboxylic acids is 1. The second kappa shape index (κ2) is 5.38. The summed E-state index contributed by atoms with van der Waals surface area (Å²) in [5.74, 6) is -2.37. The number of carboxylic acid groups (broad SMARTS) is 1. The van der Waals surface area contributed by atoms with Crippen LogP contribution in [0.3, 0.4) is 0 Å². The Kier molecular flexibility index (Phi) is 3.51. The number of urea groups is 1. The number of carbonyl (C=O) groups excluding carboxylic acids is 3. The average molecular weight is 317 g/mol. The summed E-state index contributed by atoms with van der Waals surface area (Å²) < 4.78 is 0. The maximum absolute atomic E-state index is 12.7. The molecule has 1 unspecified atom stereocenters. The van der Waals surface area contributed by atoms with Gasteiger partial charge in [-0.05, 0) is 24.0 Å². The molecule has 3 N–H and O–H groups in total. The normalized spacial score (nSPS) is 22.2. The Morgan fingerprint density at radius 3 is 2.78 bits per heavy atom. The molecule has 1 aromatic rings. The van der Waals surface area contributed by atoms with Crippen LogP contribution in [0.5, 0.6) is 0 Å². The number of carbonyl (C=O) groups is 4. The summed E-state index contributed by atoms with van der Waals surface area (Å²) in [6.45, 7) is -1.06. The zero-order valence-electron chi connectivity index (χ0n) is 12.2. The monoisotopic (exact) mass is 317 g/mol. The lowest BCUT2D eigenvalue weighted by molar-refractivity contribution is -0.138. The van der Waals surface area contributed by atoms with Gasteiger partial charge in [0.05, 0.1) is 0 Å². The van der Waals surface area contributed by atoms with Gasteiger partial charge in [0, 0.05) is 0 Å². The quantitative estimate of drug-likeness (QED) is 0.652. The predicted molar refractivity (Wildman–Crippen MR) is 77.3 cm³/mol. The number of fused-ring (bicyclic) bond motifs is 2. The smallest absolute Gasteiger partial charge is 0.325 e. The van der Waals surface area contributed by atoms with Crippen LogP contribution in [0.1, 0.15) is 17.5 Å². The fraction of sp³-hybridized carbons (Fsp3) is 0.333. The van der Waals surface area contributed by atoms with Crippen molar-refractivity contribution in [3.8, 4) is 0 Å². The number of aryl methyl sites for hydroxylation is 1. The molecule has 1 spiro atoms. The lowest BCUT2D eigenvalue weighted by atomic mass is 9.92. The Labute approximate surface area is 131 Å². The maximum atomic E-state index is 12.7. The van der Waals surface area contributed by atoms with Gasteiger partial charge in [-0.2, -0.15) is 0 Å². The number of nitrogens with zero attached hydrogens (tertiary/aromatic N) is 1. The summed E-state index contributed by atoms with van der Waals surface area (Å²) in [6, 6.07) is 6.74. The van der Waals surface area contributed by atoms with E-state index in [9.17, 15) is 19.2 Å². The molecule has 1 atom stereocenters. The van der Waals surface area contributed by atoms with E-state index in [0.29, 0.717) is 12.8 Å². The molecule has 1 heterocycles. The largest absolute Gasteiger partial charge is 0.480 e. The molecule has 1 aliphatic heterocycles. The number of nitrogens with one attached hydrogen (secondary N) is 2. The fourth-order valence-electron chi connectivity index (χ4n) is 3.11. The highest BCUT2D eigenvalue weighted by molar-refractivity contribution is 6.10. The highest BCUT2D eigenvalue weighted by Crippen LogP contribution is 2.41. The molecule has 3 rings (SSSR count). The summed E-state index contributed by atoms with van der Waals surface area (Å²) in [4.78, 5) is 47.8. The lowest BCUT2D eigenvalue weighted by Crippen LogP contribution is -2.44. The first-order valence-corrected chi connectivity index (χ1v) is 7.15. The van der Waals surface area contributed by atoms with E-state index in [-0.39, 0.29) is 0 Å². The molecular formula is C15H15N3O5. The highest BCUT2D eigenvalue weighted by Gasteiger charge is 2.55. The molecule has 2 aliphatic rings. The number of imide groups is 1. The standard InChI is InChI=1S/C15H15N3O5/c19-11(16-7-12(20)21)8-18-13(22)15(17-14(18)23)6-5-9-3-1-2-4-10(9)15/h1-4H,5-8H2,(H,16,19)(H,17,23)(H,20,21). The van der Waals surface area contributed by atoms with Gasteiger partial charge >= 0.3 is 12.0 Å². The van der Waals surface area contributed by atoms with Crippen molar-refractivity contribution in [2.24, 2.45) is 0 Å². The summed E-state index contributed by atoms with van der Waals surface area (Å²) in [6.07, 6.45) is 1.12. The molecule has 0 aromatic heterocycles. The Bertz CT molecular complexity index is 717. The average Bonchev–Trinajstić information content (AvgIpc) is 3.00. The molecule has 8 nitrogen and oxygen atoms in total. The van der Waals surface area contributed by atoms with Gasteiger partial charge in [0.1, 0.15) is 18.6 Å². The van der Waals surface area contributed by atoms with E-state index in [1.807, 2.05) is 12.1 Å². The summed E-state index contributed by atoms with van der Waals surface area (Å²) >= 11 is 0. The van der Waals surface area contributed by atoms with Crippen molar-refractivity contribution in [1.82, 2.24) is 15.5 Å². The zero-order valence-corrected chi connectivity index (χ0v) is 12.2. The van der Waals surface area contributed by atoms with Gasteiger partial charge in [-0.3, -0.25) is 19.3 Å². The van der Waals surface area contributed by atoms with Gasteiger partial charge in [-0.1, -0.05) is 24.3 Å². The van der Waals surface area contributed by atoms with Crippen LogP contribution in [0.25, 0.3) is 0 Å². The number of rotatable bonds is 4. The summed E-state index contributed by atoms with van der Waals surface area (Å²) in [5, 5.41) is 13.4. The van der Waals surface area contributed by atoms with Crippen molar-refractivity contribution in [3.05, 3.63) is 35.4 Å². The zero-order chi connectivity index (χ0) is 16.6. The molecule has 1 saturated heterocycles. The summed E-state index contributed by atoms with van der Waals surface area (Å²) in [5.41, 5.74) is 0.644. The van der Waals surface area contributed by atoms with E-state index < -0.39 is 42.4 Å². The fourth-order valence-corrected chi connectivity index (χ4v) is 3.11. The molecule has 23 heavy (non-hydrogen) atoms. The van der Waals surface area contributed by atoms with E-state index in [4.69, 9.17) is 5.11 Å². The minimum absolute atomic E-state index is 0.449. The first-order valence-electron chi connectivity index (χ1n) is 7.15. The molecule has 120 valence electrons. The van der Waals surface area contributed by atoms with Crippen LogP contribution < -0.4 is 10.6 Å². The van der Waals surface area contributed by atoms with Crippen LogP contribution in [0.2, 0.25) is 0 Å². The van der Waals surface area contributed by atoms with Crippen molar-refractivity contribution in [3.63, 3.8) is 0 Å². The van der Waals surface area contributed by atoms with E-state index in [0.717, 1.165) is 16.0 Å². The Morgan fingerprint density at radius 2 is 2.04 bits per heavy atom. The van der Waals surface area contributed by atoms with Crippen LogP contribution >= 0.6 is 0 Å². The van der Waals surface area contributed by atoms with Crippen LogP contribution in [0.4, 0.5) is 4.79 Å². The van der Waals surface area contributed by atoms with E-state index in [1.54, 1.807) is 12.1 Å². The minimum Gasteiger partial charge on any atom is -0.480 e. The van der Waals surface area contributed by atoms with Crippen LogP contribution in [0.15, 0.2) is 24.3 Å². The van der Waals surface area contributed by atoms with Gasteiger partial charge in [0.25, 0.3) is 5.91 Å². The van der Waals surface area contributed by atoms with Crippen LogP contribution in [-0.2, 0) is 26.3 Å². The van der Waals surface area contributed by atoms with Crippen molar-refractivity contribution in [1.29, 1.82) is 0 Å². The third kappa shape index (κ3) is 2.41. The second-order valence-electron chi connectivity index (χ2n) is 5.55. The van der Waals surface area contributed by atoms with Gasteiger partial charge in [-0.25, -0.2) is 4.79 Å². The molecule has 0 radical (unpaired) electrons. The van der Waals surface area contributed by atoms with Crippen molar-refractivity contribution < 1.29 is 24.3 Å². The number of carboxylic acids is 1. The molecule has 1 aliphatic carbocycles. The first-order chi connectivity index (χ1) is 10.9. The van der Waals surface area contributed by atoms with Gasteiger partial charge in [0.2, 0.25) is 5.91 Å². The maximum Gasteiger partial charge on any atom is 0.325 e. The molecular weight excluding hydrogens is 302 g/mol. The van der Waals surface area contributed by atoms with E-state index in [2.05, 4.69) is 10.6 Å². The highest BCUT2D eigenvalue weighted by atomic mass is 16.4. The van der Waals surface area contributed by atoms with Gasteiger partial charge in [-0.15, -0.1) is 0 Å². The van der Waals surface area contributed by atoms with E-state index >= 15 is 0 Å². The van der Waals surface area contributed by atoms with E-state index in [1.165, 1.54) is 0 Å². The predicted octanol–water partition coefficient (Wildman–Crippen LogP) is -0.419. The number of hydrogen-bond acceptors (Lipinski definition) is 4. The second-order valence-corrected chi connectivity index (χ2v) is 5.55. The third-order valence-corrected chi connectivity index (χ3v) is 4.16. The number of hydrogen-bond donors (Lipinski definition) is 3. The SMILES string of the molecule is O=C(O)CNC(=O)CN1C(=O)NC2(CCc3ccccc32)C1=O. The Hall–Kier alpha value is -2.90. The molecule has 0 bridgehead atoms. The van der Waals surface area contributed by atoms with Gasteiger partial charge < -0.3 is 15.7 Å². The Morgan fingerprint density at radius 1 is 1.30 bits per heavy atom. The minimum atomic E-state index is -1.20. The van der Waals surface area contributed by atoms with Crippen molar-refractivity contribution >= 4 is 23.8 Å². The molecule has 8 heteroatoms. The molecule has 4 amide bonds. The third-order valence-electron chi connectivity index (χ3n) is 4.16. The number of benzene rings is 1. The van der Waals surface area contributed by atoms with Crippen molar-refractivity contribution in [2.75, 3.05) is 13.1 Å². The van der Waals surface area contributed by atoms with Crippen LogP contribution in [-0.4, -0.2) is 46.9 Å². The lowest BCUT2D eigenvalue weighted by Gasteiger charge is -2.22. The Balaban J connectivity index is 1.79. The van der Waals surface area contributed by atoms with Crippen molar-refractivity contribution in [2.45, 2.75) is 18.4 Å². The topological polar surface area (TPSA) is 116 Å². The van der Waals surface area contributed by atoms with Crippen LogP contribution in [0, 0.1) is 0 Å².